The molecule has 2 aromatic rings. The highest BCUT2D eigenvalue weighted by Crippen LogP contribution is 2.22. The number of benzene rings is 2. The summed E-state index contributed by atoms with van der Waals surface area (Å²) >= 11 is 0. The highest BCUT2D eigenvalue weighted by molar-refractivity contribution is 14.0. The molecule has 0 saturated carbocycles. The molecule has 0 amide bonds. The molecule has 0 bridgehead atoms. The standard InChI is InChI=1S/C24H33N3O5.HI/c1-6-31-11-12-32-21-13-17(2)7-9-19(21)16-27-24(25-3)26-15-18-8-10-20(23(28)30-5)22(14-18)29-4;/h7-10,13-14H,6,11-12,15-16H2,1-5H3,(H2,25,26,27);1H. The van der Waals surface area contributed by atoms with Crippen molar-refractivity contribution in [1.29, 1.82) is 0 Å². The van der Waals surface area contributed by atoms with E-state index in [2.05, 4.69) is 21.7 Å². The molecule has 0 aliphatic heterocycles. The van der Waals surface area contributed by atoms with Crippen LogP contribution in [0, 0.1) is 6.92 Å². The van der Waals surface area contributed by atoms with Crippen LogP contribution in [-0.2, 0) is 22.6 Å². The number of halogens is 1. The number of hydrogen-bond donors (Lipinski definition) is 2. The summed E-state index contributed by atoms with van der Waals surface area (Å²) in [6.07, 6.45) is 0. The summed E-state index contributed by atoms with van der Waals surface area (Å²) in [5.74, 6) is 1.50. The third-order valence-corrected chi connectivity index (χ3v) is 4.71. The van der Waals surface area contributed by atoms with Gasteiger partial charge in [0, 0.05) is 32.3 Å². The van der Waals surface area contributed by atoms with Crippen molar-refractivity contribution in [1.82, 2.24) is 10.6 Å². The van der Waals surface area contributed by atoms with Gasteiger partial charge in [0.2, 0.25) is 0 Å². The molecule has 9 heteroatoms. The summed E-state index contributed by atoms with van der Waals surface area (Å²) < 4.78 is 21.4. The van der Waals surface area contributed by atoms with Crippen molar-refractivity contribution < 1.29 is 23.7 Å². The highest BCUT2D eigenvalue weighted by atomic mass is 127. The predicted molar refractivity (Wildman–Crippen MR) is 140 cm³/mol. The Kier molecular flexibility index (Phi) is 13.2. The number of carbonyl (C=O) groups is 1. The van der Waals surface area contributed by atoms with Crippen molar-refractivity contribution in [3.05, 3.63) is 58.7 Å². The first kappa shape index (κ1) is 28.5. The summed E-state index contributed by atoms with van der Waals surface area (Å²) in [6, 6.07) is 11.5. The lowest BCUT2D eigenvalue weighted by atomic mass is 10.1. The number of nitrogens with zero attached hydrogens (tertiary/aromatic N) is 1. The SMILES string of the molecule is CCOCCOc1cc(C)ccc1CNC(=NC)NCc1ccc(C(=O)OC)c(OC)c1.I. The first-order valence-corrected chi connectivity index (χ1v) is 10.5. The molecule has 0 unspecified atom stereocenters. The van der Waals surface area contributed by atoms with Gasteiger partial charge in [0.15, 0.2) is 5.96 Å². The van der Waals surface area contributed by atoms with Gasteiger partial charge in [0.05, 0.1) is 20.8 Å². The van der Waals surface area contributed by atoms with Crippen LogP contribution in [0.2, 0.25) is 0 Å². The number of aliphatic imine (C=N–C) groups is 1. The van der Waals surface area contributed by atoms with Crippen LogP contribution >= 0.6 is 24.0 Å². The fraction of sp³-hybridized carbons (Fsp3) is 0.417. The molecular formula is C24H34IN3O5. The summed E-state index contributed by atoms with van der Waals surface area (Å²) in [6.45, 7) is 6.78. The molecule has 33 heavy (non-hydrogen) atoms. The zero-order valence-electron chi connectivity index (χ0n) is 19.9. The number of esters is 1. The first-order valence-electron chi connectivity index (χ1n) is 10.5. The van der Waals surface area contributed by atoms with E-state index >= 15 is 0 Å². The average Bonchev–Trinajstić information content (AvgIpc) is 2.82. The van der Waals surface area contributed by atoms with E-state index in [0.29, 0.717) is 50.2 Å². The molecule has 0 radical (unpaired) electrons. The zero-order valence-corrected chi connectivity index (χ0v) is 22.2. The number of rotatable bonds is 11. The van der Waals surface area contributed by atoms with Gasteiger partial charge in [0.1, 0.15) is 23.7 Å². The number of methoxy groups -OCH3 is 2. The molecular weight excluding hydrogens is 537 g/mol. The van der Waals surface area contributed by atoms with Gasteiger partial charge in [-0.3, -0.25) is 4.99 Å². The Hall–Kier alpha value is -2.53. The van der Waals surface area contributed by atoms with Crippen LogP contribution in [0.1, 0.15) is 34.0 Å². The Morgan fingerprint density at radius 2 is 1.76 bits per heavy atom. The van der Waals surface area contributed by atoms with Crippen molar-refractivity contribution >= 4 is 35.9 Å². The second-order valence-corrected chi connectivity index (χ2v) is 6.96. The van der Waals surface area contributed by atoms with Gasteiger partial charge in [-0.05, 0) is 43.2 Å². The number of hydrogen-bond acceptors (Lipinski definition) is 6. The Morgan fingerprint density at radius 3 is 2.42 bits per heavy atom. The second kappa shape index (κ2) is 15.3. The minimum absolute atomic E-state index is 0. The van der Waals surface area contributed by atoms with E-state index in [4.69, 9.17) is 18.9 Å². The number of ether oxygens (including phenoxy) is 4. The number of aryl methyl sites for hydroxylation is 1. The van der Waals surface area contributed by atoms with Crippen LogP contribution in [-0.4, -0.2) is 53.0 Å². The molecule has 2 N–H and O–H groups in total. The van der Waals surface area contributed by atoms with Gasteiger partial charge < -0.3 is 29.6 Å². The quantitative estimate of drug-likeness (QED) is 0.140. The zero-order chi connectivity index (χ0) is 23.3. The fourth-order valence-electron chi connectivity index (χ4n) is 3.01. The maximum atomic E-state index is 11.8. The van der Waals surface area contributed by atoms with Crippen LogP contribution < -0.4 is 20.1 Å². The van der Waals surface area contributed by atoms with Gasteiger partial charge in [0.25, 0.3) is 0 Å². The molecule has 0 atom stereocenters. The maximum absolute atomic E-state index is 11.8. The highest BCUT2D eigenvalue weighted by Gasteiger charge is 2.13. The molecule has 0 spiro atoms. The Bertz CT molecular complexity index is 921. The molecule has 182 valence electrons. The van der Waals surface area contributed by atoms with Crippen molar-refractivity contribution in [2.24, 2.45) is 4.99 Å². The maximum Gasteiger partial charge on any atom is 0.341 e. The van der Waals surface area contributed by atoms with Gasteiger partial charge in [-0.2, -0.15) is 0 Å². The molecule has 8 nitrogen and oxygen atoms in total. The van der Waals surface area contributed by atoms with Gasteiger partial charge in [-0.25, -0.2) is 4.79 Å². The van der Waals surface area contributed by atoms with Crippen LogP contribution in [0.3, 0.4) is 0 Å². The molecule has 2 rings (SSSR count). The molecule has 0 aliphatic carbocycles. The largest absolute Gasteiger partial charge is 0.496 e. The van der Waals surface area contributed by atoms with Crippen LogP contribution in [0.4, 0.5) is 0 Å². The third-order valence-electron chi connectivity index (χ3n) is 4.71. The van der Waals surface area contributed by atoms with E-state index in [9.17, 15) is 4.79 Å². The smallest absolute Gasteiger partial charge is 0.341 e. The molecule has 0 heterocycles. The Morgan fingerprint density at radius 1 is 1.00 bits per heavy atom. The van der Waals surface area contributed by atoms with Crippen molar-refractivity contribution in [3.8, 4) is 11.5 Å². The Balaban J connectivity index is 0.00000544. The topological polar surface area (TPSA) is 90.4 Å². The second-order valence-electron chi connectivity index (χ2n) is 6.96. The van der Waals surface area contributed by atoms with E-state index in [1.165, 1.54) is 14.2 Å². The summed E-state index contributed by atoms with van der Waals surface area (Å²) in [7, 11) is 4.58. The van der Waals surface area contributed by atoms with Gasteiger partial charge in [-0.1, -0.05) is 18.2 Å². The lowest BCUT2D eigenvalue weighted by Crippen LogP contribution is -2.36. The van der Waals surface area contributed by atoms with Crippen molar-refractivity contribution in [2.45, 2.75) is 26.9 Å². The summed E-state index contributed by atoms with van der Waals surface area (Å²) in [5, 5.41) is 6.57. The normalized spacial score (nSPS) is 10.8. The summed E-state index contributed by atoms with van der Waals surface area (Å²) in [4.78, 5) is 16.1. The molecule has 0 aromatic heterocycles. The van der Waals surface area contributed by atoms with Gasteiger partial charge >= 0.3 is 5.97 Å². The molecule has 0 aliphatic rings. The van der Waals surface area contributed by atoms with E-state index in [1.807, 2.05) is 32.0 Å². The van der Waals surface area contributed by atoms with E-state index in [1.54, 1.807) is 19.2 Å². The van der Waals surface area contributed by atoms with E-state index in [0.717, 1.165) is 22.4 Å². The monoisotopic (exact) mass is 571 g/mol. The number of carbonyl (C=O) groups excluding carboxylic acids is 1. The number of nitrogens with one attached hydrogen (secondary N) is 2. The van der Waals surface area contributed by atoms with Crippen molar-refractivity contribution in [3.63, 3.8) is 0 Å². The van der Waals surface area contributed by atoms with Gasteiger partial charge in [-0.15, -0.1) is 24.0 Å². The third kappa shape index (κ3) is 9.09. The predicted octanol–water partition coefficient (Wildman–Crippen LogP) is 3.69. The minimum Gasteiger partial charge on any atom is -0.496 e. The van der Waals surface area contributed by atoms with E-state index in [-0.39, 0.29) is 24.0 Å². The van der Waals surface area contributed by atoms with Crippen LogP contribution in [0.15, 0.2) is 41.4 Å². The van der Waals surface area contributed by atoms with E-state index < -0.39 is 5.97 Å². The number of guanidine groups is 1. The van der Waals surface area contributed by atoms with Crippen molar-refractivity contribution in [2.75, 3.05) is 41.1 Å². The minimum atomic E-state index is -0.434. The first-order chi connectivity index (χ1) is 15.5. The van der Waals surface area contributed by atoms with Crippen LogP contribution in [0.5, 0.6) is 11.5 Å². The molecule has 2 aromatic carbocycles. The summed E-state index contributed by atoms with van der Waals surface area (Å²) in [5.41, 5.74) is 3.48. The fourth-order valence-corrected chi connectivity index (χ4v) is 3.01. The molecule has 0 saturated heterocycles. The average molecular weight is 571 g/mol. The lowest BCUT2D eigenvalue weighted by Gasteiger charge is -2.16. The molecule has 0 fully saturated rings. The van der Waals surface area contributed by atoms with Crippen LogP contribution in [0.25, 0.3) is 0 Å². The lowest BCUT2D eigenvalue weighted by molar-refractivity contribution is 0.0597. The Labute approximate surface area is 213 Å².